The molecule has 3 aromatic rings. The molecule has 106 valence electrons. The van der Waals surface area contributed by atoms with Gasteiger partial charge in [0, 0.05) is 12.4 Å². The largest absolute Gasteiger partial charge is 0.477 e. The minimum absolute atomic E-state index is 0.182. The Balaban J connectivity index is 1.95. The maximum absolute atomic E-state index is 13.6. The Morgan fingerprint density at radius 3 is 2.67 bits per heavy atom. The van der Waals surface area contributed by atoms with Crippen molar-refractivity contribution in [2.75, 3.05) is 0 Å². The van der Waals surface area contributed by atoms with Crippen LogP contribution in [0.1, 0.15) is 21.6 Å². The fourth-order valence-electron chi connectivity index (χ4n) is 2.45. The lowest BCUT2D eigenvalue weighted by Gasteiger charge is -2.09. The van der Waals surface area contributed by atoms with Gasteiger partial charge < -0.3 is 5.11 Å². The SMILES string of the molecule is O=C(O)c1c(CCc2ccccc2F)ccc2nccn12. The van der Waals surface area contributed by atoms with E-state index in [-0.39, 0.29) is 11.5 Å². The standard InChI is InChI=1S/C16H13FN2O2/c17-13-4-2-1-3-11(13)5-6-12-7-8-14-18-9-10-19(14)15(12)16(20)21/h1-4,7-10H,5-6H2,(H,20,21). The smallest absolute Gasteiger partial charge is 0.353 e. The molecule has 2 heterocycles. The molecule has 0 fully saturated rings. The first kappa shape index (κ1) is 13.3. The average Bonchev–Trinajstić information content (AvgIpc) is 2.93. The summed E-state index contributed by atoms with van der Waals surface area (Å²) >= 11 is 0. The quantitative estimate of drug-likeness (QED) is 0.801. The van der Waals surface area contributed by atoms with Crippen molar-refractivity contribution in [2.45, 2.75) is 12.8 Å². The lowest BCUT2D eigenvalue weighted by Crippen LogP contribution is -2.10. The van der Waals surface area contributed by atoms with Gasteiger partial charge in [-0.05, 0) is 36.1 Å². The van der Waals surface area contributed by atoms with Gasteiger partial charge in [0.15, 0.2) is 0 Å². The Kier molecular flexibility index (Phi) is 3.39. The van der Waals surface area contributed by atoms with Crippen molar-refractivity contribution in [3.05, 3.63) is 71.4 Å². The molecule has 0 saturated heterocycles. The summed E-state index contributed by atoms with van der Waals surface area (Å²) < 4.78 is 15.2. The summed E-state index contributed by atoms with van der Waals surface area (Å²) in [6, 6.07) is 10.0. The number of aryl methyl sites for hydroxylation is 2. The van der Waals surface area contributed by atoms with E-state index < -0.39 is 5.97 Å². The number of aromatic nitrogens is 2. The number of nitrogens with zero attached hydrogens (tertiary/aromatic N) is 2. The number of rotatable bonds is 4. The first-order valence-corrected chi connectivity index (χ1v) is 6.58. The Morgan fingerprint density at radius 2 is 1.90 bits per heavy atom. The van der Waals surface area contributed by atoms with Gasteiger partial charge in [0.1, 0.15) is 17.2 Å². The average molecular weight is 284 g/mol. The molecule has 0 aliphatic carbocycles. The van der Waals surface area contributed by atoms with Crippen LogP contribution < -0.4 is 0 Å². The summed E-state index contributed by atoms with van der Waals surface area (Å²) in [6.07, 6.45) is 4.08. The second-order valence-corrected chi connectivity index (χ2v) is 4.76. The molecule has 0 aliphatic heterocycles. The van der Waals surface area contributed by atoms with E-state index in [0.29, 0.717) is 29.6 Å². The summed E-state index contributed by atoms with van der Waals surface area (Å²) in [6.45, 7) is 0. The number of fused-ring (bicyclic) bond motifs is 1. The van der Waals surface area contributed by atoms with Gasteiger partial charge in [0.05, 0.1) is 0 Å². The molecule has 1 aromatic carbocycles. The van der Waals surface area contributed by atoms with Crippen LogP contribution in [0.3, 0.4) is 0 Å². The lowest BCUT2D eigenvalue weighted by molar-refractivity contribution is 0.0687. The predicted molar refractivity (Wildman–Crippen MR) is 76.0 cm³/mol. The third kappa shape index (κ3) is 2.50. The summed E-state index contributed by atoms with van der Waals surface area (Å²) in [5.41, 5.74) is 2.01. The number of pyridine rings is 1. The molecule has 0 unspecified atom stereocenters. The molecule has 2 aromatic heterocycles. The third-order valence-corrected chi connectivity index (χ3v) is 3.47. The molecular formula is C16H13FN2O2. The van der Waals surface area contributed by atoms with E-state index in [1.165, 1.54) is 6.07 Å². The number of aromatic carboxylic acids is 1. The van der Waals surface area contributed by atoms with Gasteiger partial charge in [-0.3, -0.25) is 4.40 Å². The number of hydrogen-bond donors (Lipinski definition) is 1. The molecule has 5 heteroatoms. The van der Waals surface area contributed by atoms with E-state index in [9.17, 15) is 14.3 Å². The molecule has 3 rings (SSSR count). The molecule has 0 bridgehead atoms. The first-order valence-electron chi connectivity index (χ1n) is 6.58. The summed E-state index contributed by atoms with van der Waals surface area (Å²) in [4.78, 5) is 15.6. The molecular weight excluding hydrogens is 271 g/mol. The topological polar surface area (TPSA) is 54.6 Å². The Hall–Kier alpha value is -2.69. The number of hydrogen-bond acceptors (Lipinski definition) is 2. The summed E-state index contributed by atoms with van der Waals surface area (Å²) in [7, 11) is 0. The second-order valence-electron chi connectivity index (χ2n) is 4.76. The zero-order valence-corrected chi connectivity index (χ0v) is 11.2. The number of carboxylic acid groups (broad SMARTS) is 1. The van der Waals surface area contributed by atoms with Crippen LogP contribution >= 0.6 is 0 Å². The van der Waals surface area contributed by atoms with Crippen LogP contribution in [-0.2, 0) is 12.8 Å². The van der Waals surface area contributed by atoms with Crippen molar-refractivity contribution in [2.24, 2.45) is 0 Å². The van der Waals surface area contributed by atoms with E-state index >= 15 is 0 Å². The minimum atomic E-state index is -1.01. The Bertz CT molecular complexity index is 811. The van der Waals surface area contributed by atoms with Crippen molar-refractivity contribution >= 4 is 11.6 Å². The highest BCUT2D eigenvalue weighted by atomic mass is 19.1. The van der Waals surface area contributed by atoms with E-state index in [1.807, 2.05) is 0 Å². The highest BCUT2D eigenvalue weighted by molar-refractivity contribution is 5.88. The molecule has 0 aliphatic rings. The molecule has 0 saturated carbocycles. The van der Waals surface area contributed by atoms with Gasteiger partial charge in [0.25, 0.3) is 0 Å². The highest BCUT2D eigenvalue weighted by Crippen LogP contribution is 2.16. The molecule has 4 nitrogen and oxygen atoms in total. The monoisotopic (exact) mass is 284 g/mol. The first-order chi connectivity index (χ1) is 10.2. The van der Waals surface area contributed by atoms with E-state index in [1.54, 1.807) is 47.1 Å². The van der Waals surface area contributed by atoms with Crippen LogP contribution in [0.15, 0.2) is 48.8 Å². The van der Waals surface area contributed by atoms with E-state index in [2.05, 4.69) is 4.98 Å². The molecule has 0 atom stereocenters. The van der Waals surface area contributed by atoms with Crippen LogP contribution in [0.5, 0.6) is 0 Å². The van der Waals surface area contributed by atoms with E-state index in [0.717, 1.165) is 0 Å². The second kappa shape index (κ2) is 5.36. The summed E-state index contributed by atoms with van der Waals surface area (Å²) in [5.74, 6) is -1.28. The fraction of sp³-hybridized carbons (Fsp3) is 0.125. The zero-order chi connectivity index (χ0) is 14.8. The molecule has 0 amide bonds. The number of halogens is 1. The lowest BCUT2D eigenvalue weighted by atomic mass is 10.0. The van der Waals surface area contributed by atoms with Gasteiger partial charge in [-0.15, -0.1) is 0 Å². The van der Waals surface area contributed by atoms with Crippen molar-refractivity contribution < 1.29 is 14.3 Å². The van der Waals surface area contributed by atoms with Crippen molar-refractivity contribution in [1.29, 1.82) is 0 Å². The van der Waals surface area contributed by atoms with Gasteiger partial charge in [0.2, 0.25) is 0 Å². The maximum Gasteiger partial charge on any atom is 0.353 e. The van der Waals surface area contributed by atoms with Crippen molar-refractivity contribution in [1.82, 2.24) is 9.38 Å². The van der Waals surface area contributed by atoms with Gasteiger partial charge >= 0.3 is 5.97 Å². The van der Waals surface area contributed by atoms with Gasteiger partial charge in [-0.1, -0.05) is 24.3 Å². The minimum Gasteiger partial charge on any atom is -0.477 e. The number of carboxylic acids is 1. The summed E-state index contributed by atoms with van der Waals surface area (Å²) in [5, 5.41) is 9.41. The Labute approximate surface area is 120 Å². The normalized spacial score (nSPS) is 10.9. The van der Waals surface area contributed by atoms with Gasteiger partial charge in [-0.2, -0.15) is 0 Å². The number of benzene rings is 1. The van der Waals surface area contributed by atoms with Crippen LogP contribution in [0, 0.1) is 5.82 Å². The fourth-order valence-corrected chi connectivity index (χ4v) is 2.45. The molecule has 0 spiro atoms. The number of imidazole rings is 1. The maximum atomic E-state index is 13.6. The molecule has 21 heavy (non-hydrogen) atoms. The van der Waals surface area contributed by atoms with E-state index in [4.69, 9.17) is 0 Å². The molecule has 0 radical (unpaired) electrons. The zero-order valence-electron chi connectivity index (χ0n) is 11.2. The van der Waals surface area contributed by atoms with Crippen LogP contribution in [0.2, 0.25) is 0 Å². The van der Waals surface area contributed by atoms with Crippen molar-refractivity contribution in [3.8, 4) is 0 Å². The van der Waals surface area contributed by atoms with Crippen LogP contribution in [0.4, 0.5) is 4.39 Å². The predicted octanol–water partition coefficient (Wildman–Crippen LogP) is 2.96. The number of carbonyl (C=O) groups is 1. The van der Waals surface area contributed by atoms with Crippen LogP contribution in [-0.4, -0.2) is 20.5 Å². The van der Waals surface area contributed by atoms with Crippen LogP contribution in [0.25, 0.3) is 5.65 Å². The van der Waals surface area contributed by atoms with Gasteiger partial charge in [-0.25, -0.2) is 14.2 Å². The Morgan fingerprint density at radius 1 is 1.14 bits per heavy atom. The molecule has 1 N–H and O–H groups in total. The third-order valence-electron chi connectivity index (χ3n) is 3.47. The highest BCUT2D eigenvalue weighted by Gasteiger charge is 2.15. The van der Waals surface area contributed by atoms with Crippen molar-refractivity contribution in [3.63, 3.8) is 0 Å².